The summed E-state index contributed by atoms with van der Waals surface area (Å²) in [6.45, 7) is 0.260. The summed E-state index contributed by atoms with van der Waals surface area (Å²) < 4.78 is 0. The molecular formula is C11H11N5O4. The summed E-state index contributed by atoms with van der Waals surface area (Å²) in [5.74, 6) is -0.631. The second kappa shape index (κ2) is 5.78. The van der Waals surface area contributed by atoms with E-state index in [-0.39, 0.29) is 12.1 Å². The normalized spacial score (nSPS) is 10.2. The maximum absolute atomic E-state index is 11.8. The number of phenolic OH excluding ortho intramolecular Hbond substituents is 1. The fourth-order valence-corrected chi connectivity index (χ4v) is 1.60. The van der Waals surface area contributed by atoms with Gasteiger partial charge in [0.1, 0.15) is 12.2 Å². The summed E-state index contributed by atoms with van der Waals surface area (Å²) in [4.78, 5) is 25.6. The number of aromatic hydroxyl groups is 1. The molecule has 2 rings (SSSR count). The van der Waals surface area contributed by atoms with Crippen LogP contribution >= 0.6 is 0 Å². The number of H-pyrrole nitrogens is 1. The number of aromatic amines is 1. The number of nitro groups is 1. The first-order valence-electron chi connectivity index (χ1n) is 5.68. The minimum absolute atomic E-state index is 0.142. The molecule has 0 saturated heterocycles. The van der Waals surface area contributed by atoms with Crippen molar-refractivity contribution in [1.82, 2.24) is 20.5 Å². The molecule has 9 nitrogen and oxygen atoms in total. The van der Waals surface area contributed by atoms with Gasteiger partial charge in [-0.05, 0) is 6.07 Å². The van der Waals surface area contributed by atoms with Gasteiger partial charge in [-0.3, -0.25) is 20.0 Å². The molecule has 1 aromatic heterocycles. The molecule has 20 heavy (non-hydrogen) atoms. The van der Waals surface area contributed by atoms with Crippen molar-refractivity contribution in [2.24, 2.45) is 0 Å². The van der Waals surface area contributed by atoms with Crippen molar-refractivity contribution in [2.75, 3.05) is 6.54 Å². The Kier molecular flexibility index (Phi) is 3.89. The first-order valence-corrected chi connectivity index (χ1v) is 5.68. The third-order valence-electron chi connectivity index (χ3n) is 2.57. The van der Waals surface area contributed by atoms with Crippen LogP contribution in [-0.4, -0.2) is 37.7 Å². The Morgan fingerprint density at radius 1 is 1.50 bits per heavy atom. The first-order chi connectivity index (χ1) is 9.59. The van der Waals surface area contributed by atoms with E-state index < -0.39 is 22.3 Å². The summed E-state index contributed by atoms with van der Waals surface area (Å²) in [6.07, 6.45) is 1.78. The van der Waals surface area contributed by atoms with Crippen LogP contribution in [0.2, 0.25) is 0 Å². The van der Waals surface area contributed by atoms with Gasteiger partial charge < -0.3 is 10.4 Å². The first kappa shape index (κ1) is 13.5. The number of nitrogens with one attached hydrogen (secondary N) is 2. The summed E-state index contributed by atoms with van der Waals surface area (Å²) in [6, 6.07) is 3.77. The predicted octanol–water partition coefficient (Wildman–Crippen LogP) is 0.391. The quantitative estimate of drug-likeness (QED) is 0.534. The van der Waals surface area contributed by atoms with Gasteiger partial charge in [-0.2, -0.15) is 5.10 Å². The molecule has 1 aromatic carbocycles. The van der Waals surface area contributed by atoms with Crippen LogP contribution in [0.25, 0.3) is 0 Å². The highest BCUT2D eigenvalue weighted by molar-refractivity contribution is 5.98. The van der Waals surface area contributed by atoms with Gasteiger partial charge in [-0.15, -0.1) is 0 Å². The Hall–Kier alpha value is -2.97. The molecule has 104 valence electrons. The largest absolute Gasteiger partial charge is 0.502 e. The SMILES string of the molecule is O=C(NCCc1ncn[nH]1)c1cccc([N+](=O)[O-])c1O. The lowest BCUT2D eigenvalue weighted by Gasteiger charge is -2.06. The summed E-state index contributed by atoms with van der Waals surface area (Å²) in [7, 11) is 0. The van der Waals surface area contributed by atoms with Crippen molar-refractivity contribution in [2.45, 2.75) is 6.42 Å². The van der Waals surface area contributed by atoms with E-state index in [1.54, 1.807) is 0 Å². The van der Waals surface area contributed by atoms with Crippen molar-refractivity contribution >= 4 is 11.6 Å². The third kappa shape index (κ3) is 2.88. The van der Waals surface area contributed by atoms with Gasteiger partial charge in [0.05, 0.1) is 10.5 Å². The Morgan fingerprint density at radius 3 is 2.95 bits per heavy atom. The minimum atomic E-state index is -0.749. The molecule has 0 radical (unpaired) electrons. The standard InChI is InChI=1S/C11H11N5O4/c17-10-7(2-1-3-8(10)16(19)20)11(18)12-5-4-9-13-6-14-15-9/h1-3,6,17H,4-5H2,(H,12,18)(H,13,14,15). The third-order valence-corrected chi connectivity index (χ3v) is 2.57. The number of carbonyl (C=O) groups excluding carboxylic acids is 1. The number of aromatic nitrogens is 3. The lowest BCUT2D eigenvalue weighted by atomic mass is 10.1. The van der Waals surface area contributed by atoms with Gasteiger partial charge in [-0.1, -0.05) is 6.07 Å². The molecule has 0 atom stereocenters. The summed E-state index contributed by atoms with van der Waals surface area (Å²) in [5.41, 5.74) is -0.648. The maximum Gasteiger partial charge on any atom is 0.311 e. The molecule has 0 aliphatic heterocycles. The van der Waals surface area contributed by atoms with Crippen LogP contribution in [0.3, 0.4) is 0 Å². The maximum atomic E-state index is 11.8. The number of benzene rings is 1. The molecule has 9 heteroatoms. The Morgan fingerprint density at radius 2 is 2.30 bits per heavy atom. The summed E-state index contributed by atoms with van der Waals surface area (Å²) in [5, 5.41) is 29.2. The van der Waals surface area contributed by atoms with Crippen molar-refractivity contribution in [3.63, 3.8) is 0 Å². The van der Waals surface area contributed by atoms with E-state index >= 15 is 0 Å². The van der Waals surface area contributed by atoms with Gasteiger partial charge in [0, 0.05) is 19.0 Å². The van der Waals surface area contributed by atoms with Crippen LogP contribution in [0.4, 0.5) is 5.69 Å². The Bertz CT molecular complexity index is 626. The number of para-hydroxylation sites is 1. The van der Waals surface area contributed by atoms with E-state index in [4.69, 9.17) is 0 Å². The van der Waals surface area contributed by atoms with Crippen molar-refractivity contribution in [1.29, 1.82) is 0 Å². The van der Waals surface area contributed by atoms with E-state index in [1.165, 1.54) is 18.5 Å². The van der Waals surface area contributed by atoms with Crippen molar-refractivity contribution in [3.8, 4) is 5.75 Å². The Labute approximate surface area is 112 Å². The minimum Gasteiger partial charge on any atom is -0.502 e. The van der Waals surface area contributed by atoms with Crippen molar-refractivity contribution < 1.29 is 14.8 Å². The van der Waals surface area contributed by atoms with Crippen LogP contribution in [0, 0.1) is 10.1 Å². The zero-order valence-electron chi connectivity index (χ0n) is 10.2. The lowest BCUT2D eigenvalue weighted by molar-refractivity contribution is -0.385. The molecular weight excluding hydrogens is 266 g/mol. The number of hydrogen-bond donors (Lipinski definition) is 3. The van der Waals surface area contributed by atoms with Crippen molar-refractivity contribution in [3.05, 3.63) is 46.0 Å². The zero-order valence-corrected chi connectivity index (χ0v) is 10.2. The fourth-order valence-electron chi connectivity index (χ4n) is 1.60. The van der Waals surface area contributed by atoms with Crippen LogP contribution in [0.5, 0.6) is 5.75 Å². The molecule has 0 spiro atoms. The van der Waals surface area contributed by atoms with Gasteiger partial charge in [0.15, 0.2) is 0 Å². The smallest absolute Gasteiger partial charge is 0.311 e. The highest BCUT2D eigenvalue weighted by atomic mass is 16.6. The molecule has 0 saturated carbocycles. The molecule has 0 aliphatic carbocycles. The molecule has 1 heterocycles. The van der Waals surface area contributed by atoms with Crippen LogP contribution < -0.4 is 5.32 Å². The average Bonchev–Trinajstić information content (AvgIpc) is 2.91. The molecule has 0 bridgehead atoms. The molecule has 2 aromatic rings. The fraction of sp³-hybridized carbons (Fsp3) is 0.182. The number of rotatable bonds is 5. The number of phenols is 1. The molecule has 3 N–H and O–H groups in total. The highest BCUT2D eigenvalue weighted by Gasteiger charge is 2.20. The number of amides is 1. The monoisotopic (exact) mass is 277 g/mol. The molecule has 0 aliphatic rings. The molecule has 0 fully saturated rings. The predicted molar refractivity (Wildman–Crippen MR) is 67.2 cm³/mol. The Balaban J connectivity index is 2.02. The van der Waals surface area contributed by atoms with Gasteiger partial charge in [0.2, 0.25) is 5.75 Å². The highest BCUT2D eigenvalue weighted by Crippen LogP contribution is 2.28. The van der Waals surface area contributed by atoms with Gasteiger partial charge >= 0.3 is 5.69 Å². The van der Waals surface area contributed by atoms with Crippen LogP contribution in [0.1, 0.15) is 16.2 Å². The molecule has 0 unspecified atom stereocenters. The number of hydrogen-bond acceptors (Lipinski definition) is 6. The topological polar surface area (TPSA) is 134 Å². The lowest BCUT2D eigenvalue weighted by Crippen LogP contribution is -2.26. The van der Waals surface area contributed by atoms with E-state index in [1.807, 2.05) is 0 Å². The van der Waals surface area contributed by atoms with Gasteiger partial charge in [-0.25, -0.2) is 4.98 Å². The van der Waals surface area contributed by atoms with E-state index in [9.17, 15) is 20.0 Å². The van der Waals surface area contributed by atoms with E-state index in [0.29, 0.717) is 12.2 Å². The second-order valence-corrected chi connectivity index (χ2v) is 3.87. The number of nitro benzene ring substituents is 1. The van der Waals surface area contributed by atoms with Gasteiger partial charge in [0.25, 0.3) is 5.91 Å². The summed E-state index contributed by atoms with van der Waals surface area (Å²) >= 11 is 0. The van der Waals surface area contributed by atoms with E-state index in [0.717, 1.165) is 6.07 Å². The van der Waals surface area contributed by atoms with E-state index in [2.05, 4.69) is 20.5 Å². The average molecular weight is 277 g/mol. The van der Waals surface area contributed by atoms with Crippen LogP contribution in [-0.2, 0) is 6.42 Å². The second-order valence-electron chi connectivity index (χ2n) is 3.87. The van der Waals surface area contributed by atoms with Crippen LogP contribution in [0.15, 0.2) is 24.5 Å². The zero-order chi connectivity index (χ0) is 14.5. The number of carbonyl (C=O) groups is 1. The molecule has 1 amide bonds. The number of nitrogens with zero attached hydrogens (tertiary/aromatic N) is 3.